The minimum atomic E-state index is 0.307. The van der Waals surface area contributed by atoms with Crippen LogP contribution < -0.4 is 10.1 Å². The van der Waals surface area contributed by atoms with Crippen LogP contribution in [0.3, 0.4) is 0 Å². The summed E-state index contributed by atoms with van der Waals surface area (Å²) in [5.74, 6) is 0.946. The number of hydrogen-bond donors (Lipinski definition) is 1. The Morgan fingerprint density at radius 2 is 1.88 bits per heavy atom. The minimum absolute atomic E-state index is 0.307. The summed E-state index contributed by atoms with van der Waals surface area (Å²) in [7, 11) is 1.64. The third-order valence-corrected chi connectivity index (χ3v) is 3.01. The van der Waals surface area contributed by atoms with Gasteiger partial charge in [0.15, 0.2) is 6.79 Å². The van der Waals surface area contributed by atoms with E-state index < -0.39 is 0 Å². The second kappa shape index (κ2) is 5.52. The van der Waals surface area contributed by atoms with Crippen molar-refractivity contribution < 1.29 is 9.47 Å². The summed E-state index contributed by atoms with van der Waals surface area (Å²) in [6, 6.07) is 5.13. The summed E-state index contributed by atoms with van der Waals surface area (Å²) in [5.41, 5.74) is 3.68. The highest BCUT2D eigenvalue weighted by atomic mass is 16.7. The van der Waals surface area contributed by atoms with Gasteiger partial charge in [-0.25, -0.2) is 0 Å². The molecule has 0 unspecified atom stereocenters. The zero-order chi connectivity index (χ0) is 12.3. The molecule has 3 heteroatoms. The number of ether oxygens (including phenoxy) is 2. The van der Waals surface area contributed by atoms with Crippen molar-refractivity contribution in [3.63, 3.8) is 0 Å². The molecule has 0 spiro atoms. The van der Waals surface area contributed by atoms with Crippen LogP contribution in [0.15, 0.2) is 12.1 Å². The van der Waals surface area contributed by atoms with Crippen LogP contribution in [-0.2, 0) is 11.3 Å². The van der Waals surface area contributed by atoms with Gasteiger partial charge in [0, 0.05) is 19.7 Å². The number of hydrogen-bond acceptors (Lipinski definition) is 3. The average molecular weight is 235 g/mol. The molecule has 94 valence electrons. The summed E-state index contributed by atoms with van der Waals surface area (Å²) in [5, 5.41) is 3.52. The number of aryl methyl sites for hydroxylation is 2. The van der Waals surface area contributed by atoms with E-state index in [2.05, 4.69) is 31.3 Å². The molecular weight excluding hydrogens is 214 g/mol. The van der Waals surface area contributed by atoms with Crippen LogP contribution in [0.25, 0.3) is 0 Å². The second-order valence-corrected chi connectivity index (χ2v) is 4.76. The lowest BCUT2D eigenvalue weighted by atomic mass is 10.1. The normalized spacial score (nSPS) is 15.0. The Balaban J connectivity index is 2.03. The largest absolute Gasteiger partial charge is 0.467 e. The van der Waals surface area contributed by atoms with Crippen molar-refractivity contribution in [2.75, 3.05) is 13.9 Å². The van der Waals surface area contributed by atoms with Gasteiger partial charge in [-0.05, 0) is 43.4 Å². The first-order valence-corrected chi connectivity index (χ1v) is 6.16. The SMILES string of the molecule is COCOc1c(C)cc(CNC2CC2)cc1C. The van der Waals surface area contributed by atoms with E-state index in [0.29, 0.717) is 6.79 Å². The van der Waals surface area contributed by atoms with E-state index >= 15 is 0 Å². The molecule has 0 saturated heterocycles. The summed E-state index contributed by atoms with van der Waals surface area (Å²) in [4.78, 5) is 0. The third kappa shape index (κ3) is 3.45. The first kappa shape index (κ1) is 12.4. The zero-order valence-corrected chi connectivity index (χ0v) is 10.9. The number of nitrogens with one attached hydrogen (secondary N) is 1. The molecule has 1 aromatic carbocycles. The van der Waals surface area contributed by atoms with E-state index in [9.17, 15) is 0 Å². The fraction of sp³-hybridized carbons (Fsp3) is 0.571. The molecule has 1 aliphatic carbocycles. The fourth-order valence-electron chi connectivity index (χ4n) is 2.04. The molecule has 17 heavy (non-hydrogen) atoms. The molecule has 0 bridgehead atoms. The molecule has 0 aliphatic heterocycles. The average Bonchev–Trinajstić information content (AvgIpc) is 3.09. The summed E-state index contributed by atoms with van der Waals surface area (Å²) in [6.45, 7) is 5.43. The van der Waals surface area contributed by atoms with Crippen molar-refractivity contribution in [2.45, 2.75) is 39.3 Å². The zero-order valence-electron chi connectivity index (χ0n) is 10.9. The minimum Gasteiger partial charge on any atom is -0.467 e. The van der Waals surface area contributed by atoms with E-state index in [4.69, 9.17) is 9.47 Å². The summed E-state index contributed by atoms with van der Waals surface area (Å²) < 4.78 is 10.5. The van der Waals surface area contributed by atoms with Crippen molar-refractivity contribution in [1.82, 2.24) is 5.32 Å². The summed E-state index contributed by atoms with van der Waals surface area (Å²) in [6.07, 6.45) is 2.65. The fourth-order valence-corrected chi connectivity index (χ4v) is 2.04. The lowest BCUT2D eigenvalue weighted by molar-refractivity contribution is 0.0501. The van der Waals surface area contributed by atoms with E-state index in [1.54, 1.807) is 7.11 Å². The van der Waals surface area contributed by atoms with Gasteiger partial charge in [-0.1, -0.05) is 12.1 Å². The van der Waals surface area contributed by atoms with Gasteiger partial charge >= 0.3 is 0 Å². The standard InChI is InChI=1S/C14H21NO2/c1-10-6-12(8-15-13-4-5-13)7-11(2)14(10)17-9-16-3/h6-7,13,15H,4-5,8-9H2,1-3H3. The Labute approximate surface area is 103 Å². The van der Waals surface area contributed by atoms with Crippen LogP contribution >= 0.6 is 0 Å². The van der Waals surface area contributed by atoms with Gasteiger partial charge in [0.05, 0.1) is 0 Å². The van der Waals surface area contributed by atoms with E-state index in [1.165, 1.54) is 29.5 Å². The number of methoxy groups -OCH3 is 1. The van der Waals surface area contributed by atoms with Crippen LogP contribution in [0.4, 0.5) is 0 Å². The van der Waals surface area contributed by atoms with Gasteiger partial charge in [0.1, 0.15) is 5.75 Å². The quantitative estimate of drug-likeness (QED) is 0.769. The van der Waals surface area contributed by atoms with Gasteiger partial charge in [-0.3, -0.25) is 0 Å². The van der Waals surface area contributed by atoms with Crippen LogP contribution in [-0.4, -0.2) is 19.9 Å². The monoisotopic (exact) mass is 235 g/mol. The van der Waals surface area contributed by atoms with E-state index in [-0.39, 0.29) is 0 Å². The van der Waals surface area contributed by atoms with Gasteiger partial charge in [-0.2, -0.15) is 0 Å². The molecule has 1 saturated carbocycles. The molecule has 0 radical (unpaired) electrons. The van der Waals surface area contributed by atoms with Gasteiger partial charge < -0.3 is 14.8 Å². The van der Waals surface area contributed by atoms with Crippen molar-refractivity contribution >= 4 is 0 Å². The van der Waals surface area contributed by atoms with Gasteiger partial charge in [0.2, 0.25) is 0 Å². The highest BCUT2D eigenvalue weighted by Gasteiger charge is 2.20. The maximum absolute atomic E-state index is 5.57. The predicted octanol–water partition coefficient (Wildman–Crippen LogP) is 2.54. The molecule has 1 fully saturated rings. The van der Waals surface area contributed by atoms with Crippen molar-refractivity contribution in [2.24, 2.45) is 0 Å². The molecule has 2 rings (SSSR count). The molecule has 0 heterocycles. The van der Waals surface area contributed by atoms with E-state index in [0.717, 1.165) is 18.3 Å². The lowest BCUT2D eigenvalue weighted by Gasteiger charge is -2.13. The van der Waals surface area contributed by atoms with Crippen molar-refractivity contribution in [3.05, 3.63) is 28.8 Å². The molecule has 1 N–H and O–H groups in total. The van der Waals surface area contributed by atoms with Crippen molar-refractivity contribution in [3.8, 4) is 5.75 Å². The first-order chi connectivity index (χ1) is 8.20. The Morgan fingerprint density at radius 1 is 1.24 bits per heavy atom. The number of benzene rings is 1. The molecule has 0 aromatic heterocycles. The Bertz CT molecular complexity index is 363. The first-order valence-electron chi connectivity index (χ1n) is 6.16. The van der Waals surface area contributed by atoms with Crippen LogP contribution in [0, 0.1) is 13.8 Å². The highest BCUT2D eigenvalue weighted by molar-refractivity contribution is 5.43. The second-order valence-electron chi connectivity index (χ2n) is 4.76. The Kier molecular flexibility index (Phi) is 4.02. The molecule has 1 aromatic rings. The number of rotatable bonds is 6. The lowest BCUT2D eigenvalue weighted by Crippen LogP contribution is -2.15. The maximum Gasteiger partial charge on any atom is 0.188 e. The van der Waals surface area contributed by atoms with Gasteiger partial charge in [-0.15, -0.1) is 0 Å². The third-order valence-electron chi connectivity index (χ3n) is 3.01. The smallest absolute Gasteiger partial charge is 0.188 e. The molecule has 0 amide bonds. The van der Waals surface area contributed by atoms with Crippen LogP contribution in [0.1, 0.15) is 29.5 Å². The van der Waals surface area contributed by atoms with Gasteiger partial charge in [0.25, 0.3) is 0 Å². The molecule has 0 atom stereocenters. The Morgan fingerprint density at radius 3 is 2.41 bits per heavy atom. The van der Waals surface area contributed by atoms with Crippen LogP contribution in [0.5, 0.6) is 5.75 Å². The molecule has 1 aliphatic rings. The molecular formula is C14H21NO2. The van der Waals surface area contributed by atoms with Crippen molar-refractivity contribution in [1.29, 1.82) is 0 Å². The predicted molar refractivity (Wildman–Crippen MR) is 68.3 cm³/mol. The van der Waals surface area contributed by atoms with Crippen LogP contribution in [0.2, 0.25) is 0 Å². The highest BCUT2D eigenvalue weighted by Crippen LogP contribution is 2.25. The molecule has 3 nitrogen and oxygen atoms in total. The summed E-state index contributed by atoms with van der Waals surface area (Å²) >= 11 is 0. The Hall–Kier alpha value is -1.06. The topological polar surface area (TPSA) is 30.5 Å². The maximum atomic E-state index is 5.57. The van der Waals surface area contributed by atoms with E-state index in [1.807, 2.05) is 0 Å².